The summed E-state index contributed by atoms with van der Waals surface area (Å²) in [5.74, 6) is 1.59. The Balaban J connectivity index is 1.62. The van der Waals surface area contributed by atoms with Crippen molar-refractivity contribution < 1.29 is 0 Å². The summed E-state index contributed by atoms with van der Waals surface area (Å²) >= 11 is 12.1. The van der Waals surface area contributed by atoms with Crippen LogP contribution in [0.1, 0.15) is 6.92 Å². The summed E-state index contributed by atoms with van der Waals surface area (Å²) in [6, 6.07) is 15.8. The Labute approximate surface area is 192 Å². The molecule has 0 unspecified atom stereocenters. The minimum Gasteiger partial charge on any atom is -0.371 e. The first-order chi connectivity index (χ1) is 15.0. The Morgan fingerprint density at radius 3 is 2.48 bits per heavy atom. The van der Waals surface area contributed by atoms with Crippen LogP contribution in [0.25, 0.3) is 22.3 Å². The number of anilines is 1. The summed E-state index contributed by atoms with van der Waals surface area (Å²) in [6.07, 6.45) is 3.64. The molecule has 7 heteroatoms. The van der Waals surface area contributed by atoms with Gasteiger partial charge in [0.15, 0.2) is 5.82 Å². The van der Waals surface area contributed by atoms with E-state index in [1.807, 2.05) is 48.5 Å². The maximum Gasteiger partial charge on any atom is 0.163 e. The molecular weight excluding hydrogens is 429 g/mol. The Morgan fingerprint density at radius 1 is 1.03 bits per heavy atom. The number of aliphatic imine (C=N–C) groups is 1. The molecule has 0 saturated carbocycles. The van der Waals surface area contributed by atoms with Gasteiger partial charge >= 0.3 is 0 Å². The highest BCUT2D eigenvalue weighted by Gasteiger charge is 2.21. The SMILES string of the molecule is C=C(Cl)/N=C\C=C(/C)N1CCN(c2nc(-c3ccccc3Cl)nc3ccccc23)CC1. The van der Waals surface area contributed by atoms with Crippen molar-refractivity contribution in [2.24, 2.45) is 4.99 Å². The van der Waals surface area contributed by atoms with Crippen LogP contribution in [0.3, 0.4) is 0 Å². The van der Waals surface area contributed by atoms with Gasteiger partial charge in [-0.1, -0.05) is 54.0 Å². The molecule has 1 aliphatic rings. The number of nitrogens with zero attached hydrogens (tertiary/aromatic N) is 5. The van der Waals surface area contributed by atoms with E-state index in [1.165, 1.54) is 0 Å². The van der Waals surface area contributed by atoms with Crippen molar-refractivity contribution in [3.8, 4) is 11.4 Å². The first-order valence-electron chi connectivity index (χ1n) is 10.1. The zero-order valence-electron chi connectivity index (χ0n) is 17.3. The molecule has 0 spiro atoms. The highest BCUT2D eigenvalue weighted by atomic mass is 35.5. The van der Waals surface area contributed by atoms with E-state index in [1.54, 1.807) is 6.21 Å². The van der Waals surface area contributed by atoms with Gasteiger partial charge < -0.3 is 9.80 Å². The second kappa shape index (κ2) is 9.50. The lowest BCUT2D eigenvalue weighted by Gasteiger charge is -2.37. The van der Waals surface area contributed by atoms with Crippen LogP contribution in [0, 0.1) is 0 Å². The van der Waals surface area contributed by atoms with E-state index >= 15 is 0 Å². The molecule has 1 fully saturated rings. The third-order valence-electron chi connectivity index (χ3n) is 5.31. The average Bonchev–Trinajstić information content (AvgIpc) is 2.78. The number of fused-ring (bicyclic) bond motifs is 1. The average molecular weight is 452 g/mol. The summed E-state index contributed by atoms with van der Waals surface area (Å²) in [6.45, 7) is 9.13. The summed E-state index contributed by atoms with van der Waals surface area (Å²) in [4.78, 5) is 18.4. The lowest BCUT2D eigenvalue weighted by molar-refractivity contribution is 0.322. The van der Waals surface area contributed by atoms with E-state index in [2.05, 4.69) is 34.4 Å². The second-order valence-corrected chi connectivity index (χ2v) is 8.15. The fraction of sp³-hybridized carbons (Fsp3) is 0.208. The van der Waals surface area contributed by atoms with E-state index in [0.717, 1.165) is 54.2 Å². The quantitative estimate of drug-likeness (QED) is 0.365. The van der Waals surface area contributed by atoms with Crippen LogP contribution < -0.4 is 4.90 Å². The number of hydrogen-bond acceptors (Lipinski definition) is 5. The molecule has 2 heterocycles. The highest BCUT2D eigenvalue weighted by molar-refractivity contribution is 6.33. The number of allylic oxidation sites excluding steroid dienone is 2. The molecule has 0 aliphatic carbocycles. The predicted octanol–water partition coefficient (Wildman–Crippen LogP) is 5.76. The molecular formula is C24H23Cl2N5. The maximum atomic E-state index is 6.43. The van der Waals surface area contributed by atoms with E-state index in [4.69, 9.17) is 33.2 Å². The number of piperazine rings is 1. The number of halogens is 2. The number of benzene rings is 2. The van der Waals surface area contributed by atoms with Gasteiger partial charge in [0.05, 0.1) is 10.5 Å². The third kappa shape index (κ3) is 4.89. The summed E-state index contributed by atoms with van der Waals surface area (Å²) < 4.78 is 0. The van der Waals surface area contributed by atoms with Crippen LogP contribution in [0.4, 0.5) is 5.82 Å². The van der Waals surface area contributed by atoms with Crippen molar-refractivity contribution in [3.05, 3.63) is 77.1 Å². The number of hydrogen-bond donors (Lipinski definition) is 0. The molecule has 2 aromatic carbocycles. The molecule has 0 atom stereocenters. The van der Waals surface area contributed by atoms with Gasteiger partial charge in [-0.2, -0.15) is 0 Å². The fourth-order valence-corrected chi connectivity index (χ4v) is 3.94. The minimum absolute atomic E-state index is 0.277. The number of para-hydroxylation sites is 1. The topological polar surface area (TPSA) is 44.6 Å². The molecule has 4 rings (SSSR count). The summed E-state index contributed by atoms with van der Waals surface area (Å²) in [7, 11) is 0. The van der Waals surface area contributed by atoms with Crippen LogP contribution in [-0.2, 0) is 0 Å². The van der Waals surface area contributed by atoms with Crippen LogP contribution in [0.15, 0.2) is 77.0 Å². The monoisotopic (exact) mass is 451 g/mol. The predicted molar refractivity (Wildman–Crippen MR) is 131 cm³/mol. The van der Waals surface area contributed by atoms with E-state index < -0.39 is 0 Å². The normalized spacial score (nSPS) is 15.1. The largest absolute Gasteiger partial charge is 0.371 e. The Hall–Kier alpha value is -2.89. The molecule has 1 aliphatic heterocycles. The standard InChI is InChI=1S/C24H23Cl2N5/c1-17(11-12-27-18(2)25)30-13-15-31(16-14-30)24-20-8-4-6-10-22(20)28-23(29-24)19-7-3-5-9-21(19)26/h3-12H,2,13-16H2,1H3/b17-11+,27-12-. The van der Waals surface area contributed by atoms with E-state index in [-0.39, 0.29) is 5.16 Å². The first kappa shape index (κ1) is 21.3. The van der Waals surface area contributed by atoms with Gasteiger partial charge in [-0.05, 0) is 37.3 Å². The minimum atomic E-state index is 0.277. The summed E-state index contributed by atoms with van der Waals surface area (Å²) in [5, 5.41) is 1.97. The van der Waals surface area contributed by atoms with Crippen molar-refractivity contribution in [1.82, 2.24) is 14.9 Å². The van der Waals surface area contributed by atoms with Crippen molar-refractivity contribution in [1.29, 1.82) is 0 Å². The molecule has 0 radical (unpaired) electrons. The highest BCUT2D eigenvalue weighted by Crippen LogP contribution is 2.31. The van der Waals surface area contributed by atoms with Crippen molar-refractivity contribution in [2.75, 3.05) is 31.1 Å². The molecule has 158 valence electrons. The molecule has 5 nitrogen and oxygen atoms in total. The maximum absolute atomic E-state index is 6.43. The molecule has 31 heavy (non-hydrogen) atoms. The zero-order valence-corrected chi connectivity index (χ0v) is 18.8. The van der Waals surface area contributed by atoms with Crippen molar-refractivity contribution in [3.63, 3.8) is 0 Å². The second-order valence-electron chi connectivity index (χ2n) is 7.30. The van der Waals surface area contributed by atoms with Gasteiger partial charge in [-0.15, -0.1) is 0 Å². The molecule has 3 aromatic rings. The Bertz CT molecular complexity index is 1160. The van der Waals surface area contributed by atoms with Gasteiger partial charge in [0.1, 0.15) is 11.0 Å². The number of rotatable bonds is 5. The van der Waals surface area contributed by atoms with Crippen LogP contribution in [0.5, 0.6) is 0 Å². The lowest BCUT2D eigenvalue weighted by Crippen LogP contribution is -2.46. The van der Waals surface area contributed by atoms with Gasteiger partial charge in [-0.3, -0.25) is 0 Å². The Morgan fingerprint density at radius 2 is 1.74 bits per heavy atom. The fourth-order valence-electron chi connectivity index (χ4n) is 3.67. The molecule has 1 aromatic heterocycles. The van der Waals surface area contributed by atoms with Crippen molar-refractivity contribution >= 4 is 46.1 Å². The van der Waals surface area contributed by atoms with Gasteiger partial charge in [-0.25, -0.2) is 15.0 Å². The third-order valence-corrected chi connectivity index (χ3v) is 5.73. The molecule has 1 saturated heterocycles. The first-order valence-corrected chi connectivity index (χ1v) is 10.9. The van der Waals surface area contributed by atoms with E-state index in [0.29, 0.717) is 10.8 Å². The summed E-state index contributed by atoms with van der Waals surface area (Å²) in [5.41, 5.74) is 2.90. The van der Waals surface area contributed by atoms with Crippen LogP contribution in [0.2, 0.25) is 5.02 Å². The van der Waals surface area contributed by atoms with E-state index in [9.17, 15) is 0 Å². The van der Waals surface area contributed by atoms with Crippen molar-refractivity contribution in [2.45, 2.75) is 6.92 Å². The van der Waals surface area contributed by atoms with Gasteiger partial charge in [0.25, 0.3) is 0 Å². The molecule has 0 N–H and O–H groups in total. The van der Waals surface area contributed by atoms with Gasteiger partial charge in [0.2, 0.25) is 0 Å². The number of aromatic nitrogens is 2. The van der Waals surface area contributed by atoms with Gasteiger partial charge in [0, 0.05) is 49.0 Å². The lowest BCUT2D eigenvalue weighted by atomic mass is 10.1. The molecule has 0 bridgehead atoms. The zero-order chi connectivity index (χ0) is 21.8. The van der Waals surface area contributed by atoms with Crippen LogP contribution >= 0.6 is 23.2 Å². The smallest absolute Gasteiger partial charge is 0.163 e. The molecule has 0 amide bonds. The Kier molecular flexibility index (Phi) is 6.54. The van der Waals surface area contributed by atoms with Crippen LogP contribution in [-0.4, -0.2) is 47.3 Å².